The molecule has 0 saturated carbocycles. The third-order valence-corrected chi connectivity index (χ3v) is 5.72. The highest BCUT2D eigenvalue weighted by Crippen LogP contribution is 2.32. The Morgan fingerprint density at radius 3 is 2.34 bits per heavy atom. The molecule has 0 aromatic heterocycles. The van der Waals surface area contributed by atoms with Gasteiger partial charge < -0.3 is 14.8 Å². The van der Waals surface area contributed by atoms with E-state index in [1.807, 2.05) is 44.2 Å². The van der Waals surface area contributed by atoms with Gasteiger partial charge >= 0.3 is 0 Å². The van der Waals surface area contributed by atoms with Crippen LogP contribution in [0, 0.1) is 13.8 Å². The monoisotopic (exact) mass is 436 g/mol. The standard InChI is InChI=1S/C26H32N2O4/c1-5-6-16-32-17-8-15-28-25(29)23(20-11-13-21(31-4)14-12-20)24(26(28)30)27-22-10-7-9-18(2)19(22)3/h7,9-14,27H,5-6,8,15-17H2,1-4H3. The number of ether oxygens (including phenoxy) is 2. The van der Waals surface area contributed by atoms with E-state index in [0.29, 0.717) is 48.8 Å². The number of aryl methyl sites for hydroxylation is 1. The number of hydrogen-bond donors (Lipinski definition) is 1. The van der Waals surface area contributed by atoms with Gasteiger partial charge in [-0.15, -0.1) is 0 Å². The van der Waals surface area contributed by atoms with Crippen molar-refractivity contribution in [1.29, 1.82) is 0 Å². The molecule has 2 aromatic rings. The van der Waals surface area contributed by atoms with Gasteiger partial charge in [-0.3, -0.25) is 14.5 Å². The SMILES string of the molecule is CCCCOCCCN1C(=O)C(Nc2cccc(C)c2C)=C(c2ccc(OC)cc2)C1=O. The summed E-state index contributed by atoms with van der Waals surface area (Å²) < 4.78 is 10.8. The van der Waals surface area contributed by atoms with Crippen molar-refractivity contribution >= 4 is 23.1 Å². The van der Waals surface area contributed by atoms with Crippen LogP contribution in [0.2, 0.25) is 0 Å². The quantitative estimate of drug-likeness (QED) is 0.408. The first-order valence-electron chi connectivity index (χ1n) is 11.1. The van der Waals surface area contributed by atoms with Crippen molar-refractivity contribution in [1.82, 2.24) is 4.90 Å². The third kappa shape index (κ3) is 5.19. The highest BCUT2D eigenvalue weighted by molar-refractivity contribution is 6.36. The van der Waals surface area contributed by atoms with E-state index in [0.717, 1.165) is 29.7 Å². The molecule has 170 valence electrons. The molecule has 32 heavy (non-hydrogen) atoms. The van der Waals surface area contributed by atoms with Gasteiger partial charge in [0.15, 0.2) is 0 Å². The summed E-state index contributed by atoms with van der Waals surface area (Å²) in [6.45, 7) is 7.68. The summed E-state index contributed by atoms with van der Waals surface area (Å²) in [5.41, 5.74) is 4.33. The molecule has 3 rings (SSSR count). The van der Waals surface area contributed by atoms with E-state index < -0.39 is 0 Å². The van der Waals surface area contributed by atoms with E-state index in [1.54, 1.807) is 19.2 Å². The zero-order valence-corrected chi connectivity index (χ0v) is 19.4. The molecule has 0 spiro atoms. The molecule has 0 bridgehead atoms. The van der Waals surface area contributed by atoms with Crippen LogP contribution in [0.25, 0.3) is 5.57 Å². The smallest absolute Gasteiger partial charge is 0.278 e. The van der Waals surface area contributed by atoms with Gasteiger partial charge in [0, 0.05) is 25.4 Å². The average Bonchev–Trinajstić information content (AvgIpc) is 3.03. The Hall–Kier alpha value is -3.12. The molecule has 2 aromatic carbocycles. The Labute approximate surface area is 190 Å². The number of unbranched alkanes of at least 4 members (excludes halogenated alkanes) is 1. The van der Waals surface area contributed by atoms with Crippen LogP contribution in [-0.4, -0.2) is 43.6 Å². The van der Waals surface area contributed by atoms with Gasteiger partial charge in [0.25, 0.3) is 11.8 Å². The first-order valence-corrected chi connectivity index (χ1v) is 11.1. The van der Waals surface area contributed by atoms with Crippen molar-refractivity contribution < 1.29 is 19.1 Å². The summed E-state index contributed by atoms with van der Waals surface area (Å²) in [6, 6.07) is 13.1. The number of nitrogens with one attached hydrogen (secondary N) is 1. The number of imide groups is 1. The molecule has 1 heterocycles. The highest BCUT2D eigenvalue weighted by atomic mass is 16.5. The second kappa shape index (κ2) is 11.0. The molecule has 6 heteroatoms. The fourth-order valence-electron chi connectivity index (χ4n) is 3.61. The van der Waals surface area contributed by atoms with E-state index in [-0.39, 0.29) is 11.8 Å². The second-order valence-corrected chi connectivity index (χ2v) is 7.93. The van der Waals surface area contributed by atoms with Crippen molar-refractivity contribution in [3.63, 3.8) is 0 Å². The van der Waals surface area contributed by atoms with Crippen LogP contribution in [0.1, 0.15) is 42.9 Å². The van der Waals surface area contributed by atoms with Crippen LogP contribution in [0.5, 0.6) is 5.75 Å². The molecule has 6 nitrogen and oxygen atoms in total. The minimum absolute atomic E-state index is 0.290. The molecule has 0 aliphatic carbocycles. The molecule has 0 radical (unpaired) electrons. The lowest BCUT2D eigenvalue weighted by Crippen LogP contribution is -2.34. The summed E-state index contributed by atoms with van der Waals surface area (Å²) in [7, 11) is 1.59. The predicted octanol–water partition coefficient (Wildman–Crippen LogP) is 4.71. The highest BCUT2D eigenvalue weighted by Gasteiger charge is 2.39. The van der Waals surface area contributed by atoms with Crippen LogP contribution in [0.3, 0.4) is 0 Å². The van der Waals surface area contributed by atoms with E-state index in [9.17, 15) is 9.59 Å². The minimum atomic E-state index is -0.310. The largest absolute Gasteiger partial charge is 0.497 e. The van der Waals surface area contributed by atoms with Crippen LogP contribution < -0.4 is 10.1 Å². The first-order chi connectivity index (χ1) is 15.5. The predicted molar refractivity (Wildman–Crippen MR) is 127 cm³/mol. The zero-order chi connectivity index (χ0) is 23.1. The van der Waals surface area contributed by atoms with E-state index in [1.165, 1.54) is 4.90 Å². The number of methoxy groups -OCH3 is 1. The van der Waals surface area contributed by atoms with Gasteiger partial charge in [0.1, 0.15) is 11.4 Å². The zero-order valence-electron chi connectivity index (χ0n) is 19.4. The Balaban J connectivity index is 1.87. The van der Waals surface area contributed by atoms with Crippen molar-refractivity contribution in [3.8, 4) is 5.75 Å². The van der Waals surface area contributed by atoms with Crippen molar-refractivity contribution in [3.05, 3.63) is 64.9 Å². The third-order valence-electron chi connectivity index (χ3n) is 5.72. The molecule has 0 unspecified atom stereocenters. The lowest BCUT2D eigenvalue weighted by Gasteiger charge is -2.16. The van der Waals surface area contributed by atoms with Crippen molar-refractivity contribution in [2.24, 2.45) is 0 Å². The molecule has 0 saturated heterocycles. The van der Waals surface area contributed by atoms with Crippen molar-refractivity contribution in [2.75, 3.05) is 32.2 Å². The molecule has 1 N–H and O–H groups in total. The number of anilines is 1. The Kier molecular flexibility index (Phi) is 8.06. The minimum Gasteiger partial charge on any atom is -0.497 e. The summed E-state index contributed by atoms with van der Waals surface area (Å²) in [5.74, 6) is 0.0908. The summed E-state index contributed by atoms with van der Waals surface area (Å²) >= 11 is 0. The van der Waals surface area contributed by atoms with Crippen LogP contribution in [-0.2, 0) is 14.3 Å². The fourth-order valence-corrected chi connectivity index (χ4v) is 3.61. The number of carbonyl (C=O) groups excluding carboxylic acids is 2. The van der Waals surface area contributed by atoms with E-state index in [2.05, 4.69) is 12.2 Å². The molecular formula is C26H32N2O4. The average molecular weight is 437 g/mol. The normalized spacial score (nSPS) is 13.8. The number of amides is 2. The maximum atomic E-state index is 13.3. The van der Waals surface area contributed by atoms with Crippen LogP contribution >= 0.6 is 0 Å². The van der Waals surface area contributed by atoms with E-state index >= 15 is 0 Å². The topological polar surface area (TPSA) is 67.9 Å². The molecule has 0 fully saturated rings. The number of nitrogens with zero attached hydrogens (tertiary/aromatic N) is 1. The molecule has 2 amide bonds. The molecule has 0 atom stereocenters. The van der Waals surface area contributed by atoms with Crippen LogP contribution in [0.4, 0.5) is 5.69 Å². The van der Waals surface area contributed by atoms with Crippen molar-refractivity contribution in [2.45, 2.75) is 40.0 Å². The molecule has 1 aliphatic heterocycles. The van der Waals surface area contributed by atoms with Gasteiger partial charge in [-0.05, 0) is 61.6 Å². The number of rotatable bonds is 11. The fraction of sp³-hybridized carbons (Fsp3) is 0.385. The molecular weight excluding hydrogens is 404 g/mol. The Morgan fingerprint density at radius 2 is 1.66 bits per heavy atom. The second-order valence-electron chi connectivity index (χ2n) is 7.93. The van der Waals surface area contributed by atoms with Gasteiger partial charge in [-0.25, -0.2) is 0 Å². The lowest BCUT2D eigenvalue weighted by atomic mass is 10.0. The summed E-state index contributed by atoms with van der Waals surface area (Å²) in [6.07, 6.45) is 2.69. The van der Waals surface area contributed by atoms with Gasteiger partial charge in [0.05, 0.1) is 12.7 Å². The molecule has 1 aliphatic rings. The summed E-state index contributed by atoms with van der Waals surface area (Å²) in [4.78, 5) is 27.9. The van der Waals surface area contributed by atoms with Gasteiger partial charge in [0.2, 0.25) is 0 Å². The Morgan fingerprint density at radius 1 is 0.938 bits per heavy atom. The maximum absolute atomic E-state index is 13.3. The number of carbonyl (C=O) groups is 2. The Bertz CT molecular complexity index is 995. The lowest BCUT2D eigenvalue weighted by molar-refractivity contribution is -0.137. The van der Waals surface area contributed by atoms with Gasteiger partial charge in [-0.2, -0.15) is 0 Å². The maximum Gasteiger partial charge on any atom is 0.278 e. The van der Waals surface area contributed by atoms with Gasteiger partial charge in [-0.1, -0.05) is 37.6 Å². The number of hydrogen-bond acceptors (Lipinski definition) is 5. The van der Waals surface area contributed by atoms with Crippen LogP contribution in [0.15, 0.2) is 48.2 Å². The number of benzene rings is 2. The first kappa shape index (κ1) is 23.5. The van der Waals surface area contributed by atoms with E-state index in [4.69, 9.17) is 9.47 Å². The summed E-state index contributed by atoms with van der Waals surface area (Å²) in [5, 5.41) is 3.26.